The minimum Gasteiger partial charge on any atom is -0.491 e. The van der Waals surface area contributed by atoms with Gasteiger partial charge in [0.15, 0.2) is 0 Å². The Morgan fingerprint density at radius 2 is 1.70 bits per heavy atom. The second kappa shape index (κ2) is 7.14. The van der Waals surface area contributed by atoms with Gasteiger partial charge in [-0.15, -0.1) is 0 Å². The van der Waals surface area contributed by atoms with Crippen LogP contribution in [0.1, 0.15) is 19.4 Å². The second-order valence-corrected chi connectivity index (χ2v) is 6.50. The Labute approximate surface area is 136 Å². The molecule has 20 heavy (non-hydrogen) atoms. The summed E-state index contributed by atoms with van der Waals surface area (Å²) in [6, 6.07) is 14.3. The molecule has 1 N–H and O–H groups in total. The number of rotatable bonds is 5. The predicted octanol–water partition coefficient (Wildman–Crippen LogP) is 5.61. The van der Waals surface area contributed by atoms with Crippen molar-refractivity contribution in [3.63, 3.8) is 0 Å². The Morgan fingerprint density at radius 1 is 1.00 bits per heavy atom. The maximum Gasteiger partial charge on any atom is 0.119 e. The van der Waals surface area contributed by atoms with Gasteiger partial charge >= 0.3 is 0 Å². The van der Waals surface area contributed by atoms with Crippen LogP contribution in [0, 0.1) is 0 Å². The fraction of sp³-hybridized carbons (Fsp3) is 0.250. The van der Waals surface area contributed by atoms with Crippen molar-refractivity contribution in [3.8, 4) is 5.75 Å². The molecule has 0 radical (unpaired) electrons. The van der Waals surface area contributed by atoms with Gasteiger partial charge in [-0.1, -0.05) is 6.07 Å². The third-order valence-corrected chi connectivity index (χ3v) is 4.59. The zero-order chi connectivity index (χ0) is 14.5. The van der Waals surface area contributed by atoms with Crippen molar-refractivity contribution in [2.45, 2.75) is 26.5 Å². The van der Waals surface area contributed by atoms with Crippen LogP contribution in [0.25, 0.3) is 0 Å². The van der Waals surface area contributed by atoms with Crippen molar-refractivity contribution in [2.24, 2.45) is 0 Å². The first-order valence-electron chi connectivity index (χ1n) is 6.49. The predicted molar refractivity (Wildman–Crippen MR) is 91.4 cm³/mol. The summed E-state index contributed by atoms with van der Waals surface area (Å²) in [6.45, 7) is 4.84. The molecule has 0 saturated heterocycles. The SMILES string of the molecule is CC(C)Oc1ccc(NCc2ccc(Br)c(Br)c2)cc1. The lowest BCUT2D eigenvalue weighted by atomic mass is 10.2. The van der Waals surface area contributed by atoms with Crippen molar-refractivity contribution in [1.29, 1.82) is 0 Å². The first-order valence-corrected chi connectivity index (χ1v) is 8.07. The average Bonchev–Trinajstić information content (AvgIpc) is 2.41. The van der Waals surface area contributed by atoms with E-state index in [0.29, 0.717) is 0 Å². The number of nitrogens with one attached hydrogen (secondary N) is 1. The van der Waals surface area contributed by atoms with Gasteiger partial charge in [-0.05, 0) is 87.7 Å². The Morgan fingerprint density at radius 3 is 2.30 bits per heavy atom. The monoisotopic (exact) mass is 397 g/mol. The molecule has 0 fully saturated rings. The smallest absolute Gasteiger partial charge is 0.119 e. The molecule has 2 aromatic carbocycles. The van der Waals surface area contributed by atoms with Crippen LogP contribution in [-0.4, -0.2) is 6.10 Å². The second-order valence-electron chi connectivity index (χ2n) is 4.79. The van der Waals surface area contributed by atoms with Gasteiger partial charge in [0, 0.05) is 21.2 Å². The van der Waals surface area contributed by atoms with E-state index in [9.17, 15) is 0 Å². The van der Waals surface area contributed by atoms with E-state index in [4.69, 9.17) is 4.74 Å². The normalized spacial score (nSPS) is 10.7. The van der Waals surface area contributed by atoms with Gasteiger partial charge in [-0.25, -0.2) is 0 Å². The van der Waals surface area contributed by atoms with Gasteiger partial charge < -0.3 is 10.1 Å². The average molecular weight is 399 g/mol. The Bertz CT molecular complexity index is 567. The molecule has 0 amide bonds. The first-order chi connectivity index (χ1) is 9.54. The summed E-state index contributed by atoms with van der Waals surface area (Å²) in [6.07, 6.45) is 0.203. The van der Waals surface area contributed by atoms with Crippen LogP contribution >= 0.6 is 31.9 Å². The summed E-state index contributed by atoms with van der Waals surface area (Å²) in [5.74, 6) is 0.900. The van der Waals surface area contributed by atoms with Gasteiger partial charge in [-0.3, -0.25) is 0 Å². The molecule has 0 bridgehead atoms. The lowest BCUT2D eigenvalue weighted by Crippen LogP contribution is -2.05. The third kappa shape index (κ3) is 4.53. The van der Waals surface area contributed by atoms with Crippen molar-refractivity contribution >= 4 is 37.5 Å². The minimum atomic E-state index is 0.203. The van der Waals surface area contributed by atoms with E-state index in [1.54, 1.807) is 0 Å². The lowest BCUT2D eigenvalue weighted by Gasteiger charge is -2.11. The topological polar surface area (TPSA) is 21.3 Å². The highest BCUT2D eigenvalue weighted by Crippen LogP contribution is 2.24. The van der Waals surface area contributed by atoms with Gasteiger partial charge in [0.2, 0.25) is 0 Å². The Hall–Kier alpha value is -1.000. The van der Waals surface area contributed by atoms with Gasteiger partial charge in [-0.2, -0.15) is 0 Å². The molecule has 106 valence electrons. The summed E-state index contributed by atoms with van der Waals surface area (Å²) in [5, 5.41) is 3.40. The number of hydrogen-bond donors (Lipinski definition) is 1. The lowest BCUT2D eigenvalue weighted by molar-refractivity contribution is 0.242. The zero-order valence-corrected chi connectivity index (χ0v) is 14.7. The number of benzene rings is 2. The Balaban J connectivity index is 1.95. The van der Waals surface area contributed by atoms with Gasteiger partial charge in [0.05, 0.1) is 6.10 Å². The maximum atomic E-state index is 5.62. The molecule has 0 aliphatic carbocycles. The first kappa shape index (κ1) is 15.4. The highest BCUT2D eigenvalue weighted by atomic mass is 79.9. The number of anilines is 1. The summed E-state index contributed by atoms with van der Waals surface area (Å²) in [4.78, 5) is 0. The van der Waals surface area contributed by atoms with E-state index in [1.165, 1.54) is 5.56 Å². The Kier molecular flexibility index (Phi) is 5.49. The highest BCUT2D eigenvalue weighted by Gasteiger charge is 2.00. The summed E-state index contributed by atoms with van der Waals surface area (Å²) in [7, 11) is 0. The van der Waals surface area contributed by atoms with Crippen molar-refractivity contribution in [1.82, 2.24) is 0 Å². The fourth-order valence-electron chi connectivity index (χ4n) is 1.78. The molecule has 0 aliphatic heterocycles. The molecule has 0 heterocycles. The minimum absolute atomic E-state index is 0.203. The standard InChI is InChI=1S/C16H17Br2NO/c1-11(2)20-14-6-4-13(5-7-14)19-10-12-3-8-15(17)16(18)9-12/h3-9,11,19H,10H2,1-2H3. The molecule has 0 aliphatic rings. The van der Waals surface area contributed by atoms with E-state index in [1.807, 2.05) is 44.2 Å². The largest absolute Gasteiger partial charge is 0.491 e. The quantitative estimate of drug-likeness (QED) is 0.706. The van der Waals surface area contributed by atoms with Crippen LogP contribution in [0.3, 0.4) is 0 Å². The van der Waals surface area contributed by atoms with Gasteiger partial charge in [0.1, 0.15) is 5.75 Å². The van der Waals surface area contributed by atoms with Crippen LogP contribution in [0.15, 0.2) is 51.4 Å². The van der Waals surface area contributed by atoms with E-state index in [0.717, 1.165) is 26.9 Å². The molecular formula is C16H17Br2NO. The van der Waals surface area contributed by atoms with E-state index in [2.05, 4.69) is 49.3 Å². The number of ether oxygens (including phenoxy) is 1. The molecule has 0 spiro atoms. The molecule has 2 nitrogen and oxygen atoms in total. The highest BCUT2D eigenvalue weighted by molar-refractivity contribution is 9.13. The molecular weight excluding hydrogens is 382 g/mol. The van der Waals surface area contributed by atoms with E-state index in [-0.39, 0.29) is 6.10 Å². The van der Waals surface area contributed by atoms with Crippen molar-refractivity contribution < 1.29 is 4.74 Å². The maximum absolute atomic E-state index is 5.62. The summed E-state index contributed by atoms with van der Waals surface area (Å²) in [5.41, 5.74) is 2.31. The van der Waals surface area contributed by atoms with Gasteiger partial charge in [0.25, 0.3) is 0 Å². The van der Waals surface area contributed by atoms with E-state index >= 15 is 0 Å². The fourth-order valence-corrected chi connectivity index (χ4v) is 2.45. The zero-order valence-electron chi connectivity index (χ0n) is 11.5. The molecule has 0 aromatic heterocycles. The van der Waals surface area contributed by atoms with Crippen molar-refractivity contribution in [2.75, 3.05) is 5.32 Å². The number of hydrogen-bond acceptors (Lipinski definition) is 2. The van der Waals surface area contributed by atoms with Crippen molar-refractivity contribution in [3.05, 3.63) is 57.0 Å². The molecule has 2 aromatic rings. The van der Waals surface area contributed by atoms with Crippen LogP contribution in [0.5, 0.6) is 5.75 Å². The molecule has 0 saturated carbocycles. The van der Waals surface area contributed by atoms with Crippen LogP contribution in [-0.2, 0) is 6.54 Å². The molecule has 0 unspecified atom stereocenters. The van der Waals surface area contributed by atoms with E-state index < -0.39 is 0 Å². The summed E-state index contributed by atoms with van der Waals surface area (Å²) < 4.78 is 7.75. The number of halogens is 2. The molecule has 0 atom stereocenters. The molecule has 4 heteroatoms. The van der Waals surface area contributed by atoms with Crippen LogP contribution in [0.4, 0.5) is 5.69 Å². The van der Waals surface area contributed by atoms with Crippen LogP contribution in [0.2, 0.25) is 0 Å². The summed E-state index contributed by atoms with van der Waals surface area (Å²) >= 11 is 6.99. The third-order valence-electron chi connectivity index (χ3n) is 2.71. The molecule has 2 rings (SSSR count). The van der Waals surface area contributed by atoms with Crippen LogP contribution < -0.4 is 10.1 Å².